The van der Waals surface area contributed by atoms with Gasteiger partial charge in [-0.3, -0.25) is 0 Å². The van der Waals surface area contributed by atoms with Gasteiger partial charge in [-0.25, -0.2) is 4.79 Å². The first kappa shape index (κ1) is 15.7. The number of para-hydroxylation sites is 1. The lowest BCUT2D eigenvalue weighted by Gasteiger charge is -2.09. The maximum absolute atomic E-state index is 10.2. The van der Waals surface area contributed by atoms with Crippen LogP contribution in [0.2, 0.25) is 0 Å². The van der Waals surface area contributed by atoms with Crippen LogP contribution in [-0.2, 0) is 0 Å². The van der Waals surface area contributed by atoms with Crippen molar-refractivity contribution in [2.75, 3.05) is 6.61 Å². The van der Waals surface area contributed by atoms with Crippen molar-refractivity contribution in [3.63, 3.8) is 0 Å². The number of rotatable bonds is 4. The van der Waals surface area contributed by atoms with Crippen molar-refractivity contribution in [2.45, 2.75) is 6.29 Å². The minimum Gasteiger partial charge on any atom is -0.478 e. The Hall–Kier alpha value is -2.37. The van der Waals surface area contributed by atoms with Gasteiger partial charge in [0, 0.05) is 0 Å². The quantitative estimate of drug-likeness (QED) is 0.741. The smallest absolute Gasteiger partial charge is 0.335 e. The van der Waals surface area contributed by atoms with Gasteiger partial charge in [0.05, 0.1) is 5.56 Å². The highest BCUT2D eigenvalue weighted by Crippen LogP contribution is 2.09. The predicted molar refractivity (Wildman–Crippen MR) is 73.6 cm³/mol. The largest absolute Gasteiger partial charge is 0.478 e. The third-order valence-electron chi connectivity index (χ3n) is 2.19. The zero-order chi connectivity index (χ0) is 14.8. The standard InChI is InChI=1S/C8H10O3.C7H6O2/c9-6-8(10)11-7-4-2-1-3-5-7;8-7(9)6-4-2-1-3-5-6/h1-5,8-10H,6H2;1-5H,(H,8,9). The lowest BCUT2D eigenvalue weighted by atomic mass is 10.2. The molecule has 0 spiro atoms. The average molecular weight is 276 g/mol. The summed E-state index contributed by atoms with van der Waals surface area (Å²) in [5.41, 5.74) is 0.331. The van der Waals surface area contributed by atoms with E-state index in [1.54, 1.807) is 54.6 Å². The minimum atomic E-state index is -1.13. The van der Waals surface area contributed by atoms with Crippen molar-refractivity contribution in [2.24, 2.45) is 0 Å². The summed E-state index contributed by atoms with van der Waals surface area (Å²) in [5, 5.41) is 25.6. The second-order valence-corrected chi connectivity index (χ2v) is 3.74. The Kier molecular flexibility index (Phi) is 6.81. The van der Waals surface area contributed by atoms with Gasteiger partial charge in [-0.1, -0.05) is 36.4 Å². The Morgan fingerprint density at radius 2 is 1.50 bits per heavy atom. The summed E-state index contributed by atoms with van der Waals surface area (Å²) in [4.78, 5) is 10.2. The van der Waals surface area contributed by atoms with E-state index in [2.05, 4.69) is 0 Å². The van der Waals surface area contributed by atoms with Gasteiger partial charge in [-0.2, -0.15) is 0 Å². The molecule has 5 heteroatoms. The zero-order valence-corrected chi connectivity index (χ0v) is 10.7. The summed E-state index contributed by atoms with van der Waals surface area (Å²) >= 11 is 0. The molecule has 1 atom stereocenters. The molecule has 1 unspecified atom stereocenters. The minimum absolute atomic E-state index is 0.331. The summed E-state index contributed by atoms with van der Waals surface area (Å²) in [7, 11) is 0. The molecule has 3 N–H and O–H groups in total. The maximum Gasteiger partial charge on any atom is 0.335 e. The fourth-order valence-electron chi connectivity index (χ4n) is 1.27. The molecule has 0 aliphatic carbocycles. The summed E-state index contributed by atoms with van der Waals surface area (Å²) < 4.78 is 4.87. The summed E-state index contributed by atoms with van der Waals surface area (Å²) in [5.74, 6) is -0.329. The molecular formula is C15H16O5. The summed E-state index contributed by atoms with van der Waals surface area (Å²) in [6.07, 6.45) is -1.13. The predicted octanol–water partition coefficient (Wildman–Crippen LogP) is 1.76. The van der Waals surface area contributed by atoms with Gasteiger partial charge in [0.2, 0.25) is 6.29 Å². The Morgan fingerprint density at radius 3 is 1.90 bits per heavy atom. The van der Waals surface area contributed by atoms with Gasteiger partial charge in [-0.15, -0.1) is 0 Å². The third-order valence-corrected chi connectivity index (χ3v) is 2.19. The van der Waals surface area contributed by atoms with Crippen LogP contribution in [0.5, 0.6) is 5.75 Å². The molecule has 0 amide bonds. The molecule has 2 rings (SSSR count). The Bertz CT molecular complexity index is 498. The molecule has 0 heterocycles. The first-order chi connectivity index (χ1) is 9.63. The second kappa shape index (κ2) is 8.68. The SMILES string of the molecule is O=C(O)c1ccccc1.OCC(O)Oc1ccccc1. The van der Waals surface area contributed by atoms with E-state index >= 15 is 0 Å². The van der Waals surface area contributed by atoms with E-state index < -0.39 is 18.9 Å². The van der Waals surface area contributed by atoms with Gasteiger partial charge in [0.1, 0.15) is 12.4 Å². The van der Waals surface area contributed by atoms with Gasteiger partial charge < -0.3 is 20.1 Å². The fraction of sp³-hybridized carbons (Fsp3) is 0.133. The first-order valence-corrected chi connectivity index (χ1v) is 5.92. The fourth-order valence-corrected chi connectivity index (χ4v) is 1.27. The van der Waals surface area contributed by atoms with E-state index in [1.165, 1.54) is 0 Å². The molecule has 5 nitrogen and oxygen atoms in total. The van der Waals surface area contributed by atoms with Crippen molar-refractivity contribution in [1.29, 1.82) is 0 Å². The number of aliphatic hydroxyl groups excluding tert-OH is 2. The first-order valence-electron chi connectivity index (χ1n) is 5.92. The van der Waals surface area contributed by atoms with Crippen LogP contribution in [0.1, 0.15) is 10.4 Å². The van der Waals surface area contributed by atoms with E-state index in [-0.39, 0.29) is 0 Å². The molecule has 0 saturated heterocycles. The van der Waals surface area contributed by atoms with Gasteiger partial charge in [0.25, 0.3) is 0 Å². The molecule has 0 bridgehead atoms. The third kappa shape index (κ3) is 5.99. The van der Waals surface area contributed by atoms with Crippen LogP contribution in [-0.4, -0.2) is 34.2 Å². The Balaban J connectivity index is 0.000000204. The molecule has 0 aromatic heterocycles. The number of hydrogen-bond donors (Lipinski definition) is 3. The van der Waals surface area contributed by atoms with Crippen LogP contribution in [0.4, 0.5) is 0 Å². The van der Waals surface area contributed by atoms with Crippen LogP contribution in [0, 0.1) is 0 Å². The van der Waals surface area contributed by atoms with Crippen molar-refractivity contribution >= 4 is 5.97 Å². The van der Waals surface area contributed by atoms with Crippen LogP contribution in [0.25, 0.3) is 0 Å². The molecule has 0 aliphatic heterocycles. The van der Waals surface area contributed by atoms with Crippen molar-refractivity contribution < 1.29 is 24.9 Å². The Labute approximate surface area is 116 Å². The van der Waals surface area contributed by atoms with Crippen LogP contribution in [0.3, 0.4) is 0 Å². The van der Waals surface area contributed by atoms with E-state index in [4.69, 9.17) is 20.1 Å². The molecule has 0 fully saturated rings. The Morgan fingerprint density at radius 1 is 1.00 bits per heavy atom. The maximum atomic E-state index is 10.2. The number of carbonyl (C=O) groups is 1. The molecule has 0 saturated carbocycles. The number of ether oxygens (including phenoxy) is 1. The van der Waals surface area contributed by atoms with Gasteiger partial charge in [0.15, 0.2) is 0 Å². The van der Waals surface area contributed by atoms with Crippen molar-refractivity contribution in [3.8, 4) is 5.75 Å². The molecule has 20 heavy (non-hydrogen) atoms. The van der Waals surface area contributed by atoms with Crippen LogP contribution in [0.15, 0.2) is 60.7 Å². The van der Waals surface area contributed by atoms with Crippen LogP contribution < -0.4 is 4.74 Å². The van der Waals surface area contributed by atoms with E-state index in [0.29, 0.717) is 11.3 Å². The van der Waals surface area contributed by atoms with E-state index in [9.17, 15) is 4.79 Å². The zero-order valence-electron chi connectivity index (χ0n) is 10.7. The molecular weight excluding hydrogens is 260 g/mol. The number of carboxylic acids is 1. The summed E-state index contributed by atoms with van der Waals surface area (Å²) in [6.45, 7) is -0.394. The number of hydrogen-bond acceptors (Lipinski definition) is 4. The number of aliphatic hydroxyl groups is 2. The monoisotopic (exact) mass is 276 g/mol. The van der Waals surface area contributed by atoms with Gasteiger partial charge in [-0.05, 0) is 24.3 Å². The topological polar surface area (TPSA) is 87.0 Å². The van der Waals surface area contributed by atoms with Gasteiger partial charge >= 0.3 is 5.97 Å². The lowest BCUT2D eigenvalue weighted by molar-refractivity contribution is -0.0548. The van der Waals surface area contributed by atoms with E-state index in [1.807, 2.05) is 6.07 Å². The number of benzene rings is 2. The number of carboxylic acid groups (broad SMARTS) is 1. The molecule has 2 aromatic rings. The van der Waals surface area contributed by atoms with Crippen LogP contribution >= 0.6 is 0 Å². The normalized spacial score (nSPS) is 10.9. The molecule has 0 aliphatic rings. The van der Waals surface area contributed by atoms with Crippen molar-refractivity contribution in [1.82, 2.24) is 0 Å². The summed E-state index contributed by atoms with van der Waals surface area (Å²) in [6, 6.07) is 17.1. The highest BCUT2D eigenvalue weighted by molar-refractivity contribution is 5.87. The highest BCUT2D eigenvalue weighted by atomic mass is 16.6. The van der Waals surface area contributed by atoms with Crippen molar-refractivity contribution in [3.05, 3.63) is 66.2 Å². The second-order valence-electron chi connectivity index (χ2n) is 3.74. The average Bonchev–Trinajstić information content (AvgIpc) is 2.49. The molecule has 106 valence electrons. The molecule has 2 aromatic carbocycles. The number of aromatic carboxylic acids is 1. The molecule has 0 radical (unpaired) electrons. The lowest BCUT2D eigenvalue weighted by Crippen LogP contribution is -2.19. The highest BCUT2D eigenvalue weighted by Gasteiger charge is 2.01. The van der Waals surface area contributed by atoms with E-state index in [0.717, 1.165) is 0 Å².